The molecule has 125 heavy (non-hydrogen) atoms. The molecule has 0 aromatic rings. The largest absolute Gasteiger partial charge is 0.392 e. The van der Waals surface area contributed by atoms with Crippen molar-refractivity contribution in [2.45, 2.75) is 346 Å². The minimum Gasteiger partial charge on any atom is -0.392 e. The summed E-state index contributed by atoms with van der Waals surface area (Å²) in [6, 6.07) is 0. The van der Waals surface area contributed by atoms with Gasteiger partial charge in [0.15, 0.2) is 0 Å². The van der Waals surface area contributed by atoms with Crippen molar-refractivity contribution in [1.29, 1.82) is 0 Å². The Kier molecular flexibility index (Phi) is 28.1. The summed E-state index contributed by atoms with van der Waals surface area (Å²) in [7, 11) is 0. The Bertz CT molecular complexity index is 4050. The average Bonchev–Trinajstić information content (AvgIpc) is 1.60. The third kappa shape index (κ3) is 17.0. The van der Waals surface area contributed by atoms with E-state index in [9.17, 15) is 61.4 Å². The van der Waals surface area contributed by atoms with E-state index in [1.807, 2.05) is 0 Å². The molecule has 0 unspecified atom stereocenters. The smallest absolute Gasteiger partial charge is 0.267 e. The molecule has 0 saturated heterocycles. The van der Waals surface area contributed by atoms with E-state index in [4.69, 9.17) is 0 Å². The first-order valence-electron chi connectivity index (χ1n) is 50.6. The predicted octanol–water partition coefficient (Wildman–Crippen LogP) is 27.6. The Hall–Kier alpha value is -2.37. The van der Waals surface area contributed by atoms with Crippen molar-refractivity contribution in [1.82, 2.24) is 0 Å². The van der Waals surface area contributed by atoms with Crippen molar-refractivity contribution >= 4 is 31.9 Å². The molecule has 20 aliphatic rings. The molecule has 0 spiro atoms. The first kappa shape index (κ1) is 95.8. The third-order valence-corrected chi connectivity index (χ3v) is 44.1. The number of fused-ring (bicyclic) bond motifs is 25. The Balaban J connectivity index is 0.000000115. The first-order chi connectivity index (χ1) is 59.3. The number of rotatable bonds is 13. The lowest BCUT2D eigenvalue weighted by molar-refractivity contribution is -0.119. The number of hydrogen-bond acceptors (Lipinski definition) is 6. The van der Waals surface area contributed by atoms with Crippen molar-refractivity contribution < 1.29 is 61.4 Å². The van der Waals surface area contributed by atoms with E-state index >= 15 is 0 Å². The highest BCUT2D eigenvalue weighted by molar-refractivity contribution is 9.09. The van der Waals surface area contributed by atoms with Gasteiger partial charge in [-0.1, -0.05) is 180 Å². The number of halogens is 9. The molecule has 700 valence electrons. The van der Waals surface area contributed by atoms with Gasteiger partial charge >= 0.3 is 0 Å². The first-order valence-corrected chi connectivity index (χ1v) is 52.9. The summed E-state index contributed by atoms with van der Waals surface area (Å²) in [4.78, 5) is 0. The van der Waals surface area contributed by atoms with Gasteiger partial charge < -0.3 is 30.6 Å². The maximum Gasteiger partial charge on any atom is 0.267 e. The number of alkyl halides is 9. The van der Waals surface area contributed by atoms with Crippen molar-refractivity contribution in [3.05, 3.63) is 119 Å². The molecule has 15 fully saturated rings. The topological polar surface area (TPSA) is 121 Å². The molecule has 0 aromatic carbocycles. The molecule has 0 heterocycles. The minimum absolute atomic E-state index is 0.121. The molecule has 20 aliphatic carbocycles. The van der Waals surface area contributed by atoms with Crippen molar-refractivity contribution in [2.24, 2.45) is 175 Å². The lowest BCUT2D eigenvalue weighted by Gasteiger charge is -2.54. The van der Waals surface area contributed by atoms with Crippen LogP contribution in [0.25, 0.3) is 0 Å². The molecule has 0 bridgehead atoms. The summed E-state index contributed by atoms with van der Waals surface area (Å²) in [5.41, 5.74) is 7.93. The van der Waals surface area contributed by atoms with Gasteiger partial charge in [0, 0.05) is 23.5 Å². The highest BCUT2D eigenvalue weighted by Gasteiger charge is 2.64. The van der Waals surface area contributed by atoms with Crippen molar-refractivity contribution in [2.75, 3.05) is 37.3 Å². The third-order valence-electron chi connectivity index (χ3n) is 42.6. The molecule has 0 aromatic heterocycles. The highest BCUT2D eigenvalue weighted by Crippen LogP contribution is 2.72. The number of aliphatic hydroxyl groups is 6. The number of aliphatic hydroxyl groups excluding tert-OH is 1. The number of allylic oxidation sites excluding steroid dienone is 9. The monoisotopic (exact) mass is 1870 g/mol. The van der Waals surface area contributed by atoms with Gasteiger partial charge in [0.25, 0.3) is 12.9 Å². The summed E-state index contributed by atoms with van der Waals surface area (Å²) in [6.45, 7) is 36.6. The predicted molar refractivity (Wildman–Crippen MR) is 499 cm³/mol. The van der Waals surface area contributed by atoms with Crippen LogP contribution in [0.5, 0.6) is 0 Å². The fourth-order valence-electron chi connectivity index (χ4n) is 36.4. The molecule has 35 atom stereocenters. The van der Waals surface area contributed by atoms with Crippen LogP contribution >= 0.6 is 31.9 Å². The van der Waals surface area contributed by atoms with Gasteiger partial charge in [-0.05, 0) is 438 Å². The second kappa shape index (κ2) is 36.7. The molecule has 0 radical (unpaired) electrons. The Labute approximate surface area is 765 Å². The normalized spacial score (nSPS) is 49.1. The fraction of sp³-hybridized carbons (Fsp3) is 0.818. The van der Waals surface area contributed by atoms with Crippen LogP contribution in [0.1, 0.15) is 305 Å². The molecule has 0 amide bonds. The summed E-state index contributed by atoms with van der Waals surface area (Å²) < 4.78 is 92.8. The zero-order valence-electron chi connectivity index (χ0n) is 77.6. The van der Waals surface area contributed by atoms with E-state index < -0.39 is 60.9 Å². The molecule has 0 aliphatic heterocycles. The quantitative estimate of drug-likeness (QED) is 0.0621. The Morgan fingerprint density at radius 3 is 0.768 bits per heavy atom. The highest BCUT2D eigenvalue weighted by atomic mass is 79.9. The van der Waals surface area contributed by atoms with Crippen molar-refractivity contribution in [3.63, 3.8) is 0 Å². The Morgan fingerprint density at radius 1 is 0.320 bits per heavy atom. The van der Waals surface area contributed by atoms with Crippen LogP contribution in [0.15, 0.2) is 119 Å². The summed E-state index contributed by atoms with van der Waals surface area (Å²) >= 11 is 7.24. The average molecular weight is 1870 g/mol. The maximum atomic E-state index is 13.3. The zero-order chi connectivity index (χ0) is 89.4. The van der Waals surface area contributed by atoms with Gasteiger partial charge in [0.1, 0.15) is 31.2 Å². The van der Waals surface area contributed by atoms with Crippen LogP contribution in [0.3, 0.4) is 0 Å². The molecule has 20 rings (SSSR count). The minimum atomic E-state index is -2.64. The lowest BCUT2D eigenvalue weighted by atomic mass is 9.51. The van der Waals surface area contributed by atoms with Gasteiger partial charge in [0.2, 0.25) is 0 Å². The maximum absolute atomic E-state index is 13.3. The van der Waals surface area contributed by atoms with Crippen LogP contribution < -0.4 is 0 Å². The van der Waals surface area contributed by atoms with Gasteiger partial charge in [0.05, 0.1) is 23.4 Å². The summed E-state index contributed by atoms with van der Waals surface area (Å²) in [5, 5.41) is 63.1. The van der Waals surface area contributed by atoms with Crippen LogP contribution in [-0.2, 0) is 0 Å². The standard InChI is InChI=1S/C22H31BrF2O.C22H32BrFO.C22H32F2O.C22H33FO2.C22H33FO/c1-13(12-23)18-5-6-19-17-4-3-14-11-22(26,20(24)25)10-8-15(14)16(17)7-9-21(18,19)2;1-14(12-23)19-5-6-20-18-4-3-15-11-22(25,13-24)10-8-16(15)17(18)7-9-21(19,20)2;1-13(2)18-6-7-19-17-5-4-14-12-22(25,20(23)24)11-9-15(14)16(17)8-10-21(18,19)3;1-14(12-24)19-5-6-20-18-4-3-15-11-22(25,13-23)10-8-16(15)17(18)7-9-21(19,20)2;1-14(2)19-6-7-20-18-5-4-15-12-22(24,13-23)11-9-16(15)17(18)8-10-21(19,20)3/h3,15-20,26H,1,4-12H2,2H3;3,16-20,25H,1,4-13H2,2H3;4,15-20,25H,1,5-12H2,2-3H3;3,16-20,24-25H,1,4-13H2,2H3;4,16-20,24H,1,5-13H2,2-3H3/t15-,16+,17+,18+,19-,21+,22-;16-,17+,18+,19+,20-,21+,22-;15-,16+,17+,18+,19-,21+,22-;2*16-,17+,18+,19+,20-,21+,22-/m00000/s1. The molecular weight excluding hydrogens is 1710 g/mol. The van der Waals surface area contributed by atoms with E-state index in [-0.39, 0.29) is 32.3 Å². The van der Waals surface area contributed by atoms with Gasteiger partial charge in [-0.3, -0.25) is 0 Å². The zero-order valence-corrected chi connectivity index (χ0v) is 80.8. The SMILES string of the molecule is C=C(C)[C@H]1CC[C@H]2[C@@H]3CC=C4C[C@](O)(C(F)F)CC[C@@H]4[C@H]3CC[C@]12C.C=C(C)[C@H]1CC[C@H]2[C@@H]3CC=C4C[C@](O)(CF)CC[C@@H]4[C@H]3CC[C@]12C.C=C(CBr)[C@H]1CC[C@H]2[C@@H]3CC=C4C[C@](O)(C(F)F)CC[C@@H]4[C@H]3CC[C@]12C.C=C(CBr)[C@H]1CC[C@H]2[C@@H]3CC=C4C[C@](O)(CF)CC[C@@H]4[C@H]3CC[C@]12C.C=C(CO)[C@H]1CC[C@H]2[C@@H]3CC=C4C[C@](O)(CF)CC[C@@H]4[C@H]3CC[C@]12C. The summed E-state index contributed by atoms with van der Waals surface area (Å²) in [5.74, 6) is 16.8. The van der Waals surface area contributed by atoms with Gasteiger partial charge in [-0.25, -0.2) is 30.7 Å². The van der Waals surface area contributed by atoms with Gasteiger partial charge in [-0.2, -0.15) is 0 Å². The summed E-state index contributed by atoms with van der Waals surface area (Å²) in [6.07, 6.45) is 46.1. The van der Waals surface area contributed by atoms with Crippen LogP contribution in [0.2, 0.25) is 0 Å². The fourth-order valence-corrected chi connectivity index (χ4v) is 37.2. The van der Waals surface area contributed by atoms with E-state index in [0.29, 0.717) is 154 Å². The van der Waals surface area contributed by atoms with Crippen LogP contribution in [-0.4, -0.2) is 109 Å². The molecule has 15 saturated carbocycles. The second-order valence-electron chi connectivity index (χ2n) is 48.2. The molecular formula is C110H161Br2F7O6. The van der Waals surface area contributed by atoms with E-state index in [0.717, 1.165) is 151 Å². The van der Waals surface area contributed by atoms with E-state index in [1.165, 1.54) is 167 Å². The van der Waals surface area contributed by atoms with Crippen LogP contribution in [0, 0.1) is 175 Å². The van der Waals surface area contributed by atoms with Gasteiger partial charge in [-0.15, -0.1) is 0 Å². The van der Waals surface area contributed by atoms with E-state index in [2.05, 4.69) is 144 Å². The molecule has 6 N–H and O–H groups in total. The van der Waals surface area contributed by atoms with Crippen molar-refractivity contribution in [3.8, 4) is 0 Å². The van der Waals surface area contributed by atoms with Crippen LogP contribution in [0.4, 0.5) is 30.7 Å². The Morgan fingerprint density at radius 2 is 0.544 bits per heavy atom. The number of hydrogen-bond donors (Lipinski definition) is 6. The second-order valence-corrected chi connectivity index (χ2v) is 49.3. The van der Waals surface area contributed by atoms with E-state index in [1.54, 1.807) is 0 Å². The molecule has 6 nitrogen and oxygen atoms in total. The molecule has 15 heteroatoms. The lowest BCUT2D eigenvalue weighted by Crippen LogP contribution is -2.49.